The molecule has 0 saturated carbocycles. The highest BCUT2D eigenvalue weighted by atomic mass is 35.5. The van der Waals surface area contributed by atoms with Crippen LogP contribution in [0.3, 0.4) is 0 Å². The number of hydrogen-bond donors (Lipinski definition) is 2. The number of carbonyl (C=O) groups is 1. The predicted octanol–water partition coefficient (Wildman–Crippen LogP) is 1.52. The third-order valence-electron chi connectivity index (χ3n) is 2.41. The first-order chi connectivity index (χ1) is 6.68. The normalized spacial score (nSPS) is 18.9. The van der Waals surface area contributed by atoms with Gasteiger partial charge in [0.15, 0.2) is 0 Å². The minimum Gasteiger partial charge on any atom is -0.480 e. The molecule has 0 radical (unpaired) electrons. The summed E-state index contributed by atoms with van der Waals surface area (Å²) in [5, 5.41) is 11.8. The molecule has 5 heteroatoms. The fraction of sp³-hybridized carbons (Fsp3) is 0.300. The molecule has 15 heavy (non-hydrogen) atoms. The molecule has 3 nitrogen and oxygen atoms in total. The van der Waals surface area contributed by atoms with Gasteiger partial charge in [-0.2, -0.15) is 0 Å². The number of carboxylic acid groups (broad SMARTS) is 1. The van der Waals surface area contributed by atoms with Gasteiger partial charge in [-0.15, -0.1) is 12.4 Å². The molecule has 1 heterocycles. The summed E-state index contributed by atoms with van der Waals surface area (Å²) in [7, 11) is 0. The first-order valence-electron chi connectivity index (χ1n) is 4.43. The quantitative estimate of drug-likeness (QED) is 0.771. The van der Waals surface area contributed by atoms with Crippen molar-refractivity contribution in [2.24, 2.45) is 0 Å². The van der Waals surface area contributed by atoms with Gasteiger partial charge in [-0.05, 0) is 29.7 Å². The van der Waals surface area contributed by atoms with Crippen molar-refractivity contribution in [3.63, 3.8) is 0 Å². The predicted molar refractivity (Wildman–Crippen MR) is 55.7 cm³/mol. The smallest absolute Gasteiger partial charge is 0.325 e. The van der Waals surface area contributed by atoms with Crippen LogP contribution in [0.2, 0.25) is 0 Å². The van der Waals surface area contributed by atoms with Crippen molar-refractivity contribution >= 4 is 18.4 Å². The average Bonchev–Trinajstić information content (AvgIpc) is 2.16. The van der Waals surface area contributed by atoms with Crippen LogP contribution in [0.4, 0.5) is 4.39 Å². The zero-order valence-corrected chi connectivity index (χ0v) is 8.68. The molecular formula is C10H11ClFNO2. The Hall–Kier alpha value is -1.13. The van der Waals surface area contributed by atoms with Crippen LogP contribution in [0.25, 0.3) is 0 Å². The Morgan fingerprint density at radius 1 is 1.53 bits per heavy atom. The highest BCUT2D eigenvalue weighted by Crippen LogP contribution is 2.23. The number of carboxylic acids is 1. The van der Waals surface area contributed by atoms with Gasteiger partial charge in [0.05, 0.1) is 0 Å². The molecule has 0 unspecified atom stereocenters. The Kier molecular flexibility index (Phi) is 3.66. The van der Waals surface area contributed by atoms with E-state index in [4.69, 9.17) is 5.11 Å². The number of aliphatic carboxylic acids is 1. The van der Waals surface area contributed by atoms with E-state index in [0.29, 0.717) is 18.5 Å². The van der Waals surface area contributed by atoms with E-state index in [-0.39, 0.29) is 18.2 Å². The maximum Gasteiger partial charge on any atom is 0.325 e. The van der Waals surface area contributed by atoms with E-state index >= 15 is 0 Å². The van der Waals surface area contributed by atoms with Crippen molar-refractivity contribution < 1.29 is 14.3 Å². The molecule has 82 valence electrons. The number of fused-ring (bicyclic) bond motifs is 1. The van der Waals surface area contributed by atoms with Crippen molar-refractivity contribution in [2.45, 2.75) is 12.5 Å². The monoisotopic (exact) mass is 231 g/mol. The summed E-state index contributed by atoms with van der Waals surface area (Å²) in [6, 6.07) is 3.54. The molecule has 0 saturated heterocycles. The lowest BCUT2D eigenvalue weighted by atomic mass is 9.94. The molecule has 0 amide bonds. The van der Waals surface area contributed by atoms with Crippen LogP contribution in [0.5, 0.6) is 0 Å². The molecule has 0 aliphatic carbocycles. The van der Waals surface area contributed by atoms with Gasteiger partial charge in [0.1, 0.15) is 11.9 Å². The Balaban J connectivity index is 0.00000112. The number of rotatable bonds is 1. The van der Waals surface area contributed by atoms with Gasteiger partial charge < -0.3 is 10.4 Å². The molecule has 1 aliphatic heterocycles. The molecular weight excluding hydrogens is 221 g/mol. The van der Waals surface area contributed by atoms with E-state index in [1.165, 1.54) is 18.2 Å². The summed E-state index contributed by atoms with van der Waals surface area (Å²) in [6.07, 6.45) is 0.677. The first kappa shape index (κ1) is 11.9. The van der Waals surface area contributed by atoms with Crippen LogP contribution >= 0.6 is 12.4 Å². The summed E-state index contributed by atoms with van der Waals surface area (Å²) in [5.74, 6) is -1.23. The standard InChI is InChI=1S/C10H10FNO2.ClH/c11-7-1-2-8-6(5-7)3-4-12-9(8)10(13)14;/h1-2,5,9,12H,3-4H2,(H,13,14);1H/t9-;/m1./s1. The number of hydrogen-bond acceptors (Lipinski definition) is 2. The minimum atomic E-state index is -0.919. The SMILES string of the molecule is Cl.O=C(O)[C@@H]1NCCc2cc(F)ccc21. The van der Waals surface area contributed by atoms with Gasteiger partial charge in [-0.25, -0.2) is 4.39 Å². The first-order valence-corrected chi connectivity index (χ1v) is 4.43. The van der Waals surface area contributed by atoms with Crippen LogP contribution in [-0.2, 0) is 11.2 Å². The van der Waals surface area contributed by atoms with Crippen molar-refractivity contribution in [1.82, 2.24) is 5.32 Å². The summed E-state index contributed by atoms with van der Waals surface area (Å²) in [6.45, 7) is 0.577. The largest absolute Gasteiger partial charge is 0.480 e. The zero-order chi connectivity index (χ0) is 10.1. The third kappa shape index (κ3) is 2.27. The van der Waals surface area contributed by atoms with Crippen LogP contribution in [-0.4, -0.2) is 17.6 Å². The zero-order valence-electron chi connectivity index (χ0n) is 7.87. The molecule has 1 atom stereocenters. The second-order valence-corrected chi connectivity index (χ2v) is 3.32. The second-order valence-electron chi connectivity index (χ2n) is 3.32. The molecule has 2 N–H and O–H groups in total. The Labute approximate surface area is 92.7 Å². The molecule has 0 fully saturated rings. The summed E-state index contributed by atoms with van der Waals surface area (Å²) in [4.78, 5) is 10.8. The number of benzene rings is 1. The van der Waals surface area contributed by atoms with E-state index in [1.807, 2.05) is 0 Å². The number of nitrogens with one attached hydrogen (secondary N) is 1. The lowest BCUT2D eigenvalue weighted by molar-refractivity contribution is -0.139. The third-order valence-corrected chi connectivity index (χ3v) is 2.41. The Bertz CT molecular complexity index is 384. The van der Waals surface area contributed by atoms with Gasteiger partial charge in [-0.1, -0.05) is 6.07 Å². The summed E-state index contributed by atoms with van der Waals surface area (Å²) < 4.78 is 12.9. The van der Waals surface area contributed by atoms with E-state index in [2.05, 4.69) is 5.32 Å². The van der Waals surface area contributed by atoms with E-state index in [1.54, 1.807) is 0 Å². The van der Waals surface area contributed by atoms with Crippen LogP contribution in [0.1, 0.15) is 17.2 Å². The van der Waals surface area contributed by atoms with Crippen LogP contribution < -0.4 is 5.32 Å². The molecule has 0 aromatic heterocycles. The fourth-order valence-corrected chi connectivity index (χ4v) is 1.75. The Morgan fingerprint density at radius 2 is 2.27 bits per heavy atom. The number of halogens is 2. The van der Waals surface area contributed by atoms with E-state index in [9.17, 15) is 9.18 Å². The molecule has 1 aromatic rings. The average molecular weight is 232 g/mol. The lowest BCUT2D eigenvalue weighted by Gasteiger charge is -2.23. The van der Waals surface area contributed by atoms with Gasteiger partial charge in [0, 0.05) is 6.54 Å². The molecule has 1 aromatic carbocycles. The minimum absolute atomic E-state index is 0. The molecule has 1 aliphatic rings. The molecule has 0 spiro atoms. The molecule has 2 rings (SSSR count). The van der Waals surface area contributed by atoms with Gasteiger partial charge >= 0.3 is 5.97 Å². The van der Waals surface area contributed by atoms with E-state index < -0.39 is 12.0 Å². The van der Waals surface area contributed by atoms with Crippen molar-refractivity contribution in [3.05, 3.63) is 35.1 Å². The Morgan fingerprint density at radius 3 is 2.93 bits per heavy atom. The van der Waals surface area contributed by atoms with E-state index in [0.717, 1.165) is 5.56 Å². The van der Waals surface area contributed by atoms with Gasteiger partial charge in [0.25, 0.3) is 0 Å². The van der Waals surface area contributed by atoms with Crippen molar-refractivity contribution in [3.8, 4) is 0 Å². The van der Waals surface area contributed by atoms with Crippen LogP contribution in [0.15, 0.2) is 18.2 Å². The topological polar surface area (TPSA) is 49.3 Å². The highest BCUT2D eigenvalue weighted by Gasteiger charge is 2.25. The second kappa shape index (κ2) is 4.59. The maximum absolute atomic E-state index is 12.9. The fourth-order valence-electron chi connectivity index (χ4n) is 1.75. The van der Waals surface area contributed by atoms with Gasteiger partial charge in [-0.3, -0.25) is 4.79 Å². The summed E-state index contributed by atoms with van der Waals surface area (Å²) in [5.41, 5.74) is 1.46. The van der Waals surface area contributed by atoms with Crippen molar-refractivity contribution in [1.29, 1.82) is 0 Å². The van der Waals surface area contributed by atoms with Crippen molar-refractivity contribution in [2.75, 3.05) is 6.54 Å². The highest BCUT2D eigenvalue weighted by molar-refractivity contribution is 5.85. The van der Waals surface area contributed by atoms with Crippen LogP contribution in [0, 0.1) is 5.82 Å². The molecule has 0 bridgehead atoms. The van der Waals surface area contributed by atoms with Gasteiger partial charge in [0.2, 0.25) is 0 Å². The maximum atomic E-state index is 12.9. The summed E-state index contributed by atoms with van der Waals surface area (Å²) >= 11 is 0. The lowest BCUT2D eigenvalue weighted by Crippen LogP contribution is -2.35.